The van der Waals surface area contributed by atoms with Crippen molar-refractivity contribution in [1.82, 2.24) is 10.6 Å². The summed E-state index contributed by atoms with van der Waals surface area (Å²) in [6, 6.07) is -1.35. The Hall–Kier alpha value is -0.970. The molecule has 0 fully saturated rings. The van der Waals surface area contributed by atoms with Crippen molar-refractivity contribution in [2.24, 2.45) is 16.2 Å². The summed E-state index contributed by atoms with van der Waals surface area (Å²) in [6.45, 7) is 19.6. The topological polar surface area (TPSA) is 152 Å². The molecule has 0 saturated heterocycles. The van der Waals surface area contributed by atoms with Gasteiger partial charge in [0, 0.05) is 12.0 Å². The van der Waals surface area contributed by atoms with Crippen LogP contribution in [0, 0.1) is 16.2 Å². The van der Waals surface area contributed by atoms with E-state index < -0.39 is 54.0 Å². The number of aliphatic hydroxyl groups excluding tert-OH is 5. The molecule has 0 aromatic rings. The summed E-state index contributed by atoms with van der Waals surface area (Å²) in [7, 11) is 0. The molecule has 0 aliphatic carbocycles. The molecule has 6 unspecified atom stereocenters. The lowest BCUT2D eigenvalue weighted by molar-refractivity contribution is -0.0702. The standard InChI is InChI=1S/C28H58N2O7/c1-11-26(6,7)18-27(8,9)30-24(36)29-19(15-37-16-22(34)21(33)14-31)20(32)13-23(35)28(10,12-2)17-25(3,4)5/h19-23,31-35H,11-18H2,1-10H3,(H2,29,30,36). The van der Waals surface area contributed by atoms with Crippen LogP contribution in [0.15, 0.2) is 0 Å². The zero-order chi connectivity index (χ0) is 29.2. The maximum Gasteiger partial charge on any atom is 0.315 e. The van der Waals surface area contributed by atoms with Gasteiger partial charge in [-0.3, -0.25) is 0 Å². The average molecular weight is 535 g/mol. The van der Waals surface area contributed by atoms with Crippen LogP contribution in [0.2, 0.25) is 0 Å². The highest BCUT2D eigenvalue weighted by Gasteiger charge is 2.38. The maximum absolute atomic E-state index is 13.0. The van der Waals surface area contributed by atoms with Crippen molar-refractivity contribution in [2.45, 2.75) is 137 Å². The molecule has 7 N–H and O–H groups in total. The average Bonchev–Trinajstić information content (AvgIpc) is 2.74. The third-order valence-corrected chi connectivity index (χ3v) is 7.34. The number of amides is 2. The Kier molecular flexibility index (Phi) is 14.6. The molecule has 222 valence electrons. The summed E-state index contributed by atoms with van der Waals surface area (Å²) in [4.78, 5) is 13.0. The van der Waals surface area contributed by atoms with Crippen molar-refractivity contribution < 1.29 is 35.1 Å². The Morgan fingerprint density at radius 3 is 1.84 bits per heavy atom. The molecule has 0 aromatic heterocycles. The van der Waals surface area contributed by atoms with E-state index in [4.69, 9.17) is 9.84 Å². The quantitative estimate of drug-likeness (QED) is 0.151. The predicted octanol–water partition coefficient (Wildman–Crippen LogP) is 2.95. The normalized spacial score (nSPS) is 18.9. The van der Waals surface area contributed by atoms with Crippen LogP contribution in [0.1, 0.15) is 101 Å². The van der Waals surface area contributed by atoms with Crippen LogP contribution < -0.4 is 10.6 Å². The number of hydrogen-bond acceptors (Lipinski definition) is 7. The van der Waals surface area contributed by atoms with Crippen LogP contribution in [-0.2, 0) is 4.74 Å². The molecule has 0 saturated carbocycles. The largest absolute Gasteiger partial charge is 0.394 e. The van der Waals surface area contributed by atoms with Crippen molar-refractivity contribution in [3.05, 3.63) is 0 Å². The molecule has 0 heterocycles. The van der Waals surface area contributed by atoms with Crippen molar-refractivity contribution in [3.8, 4) is 0 Å². The molecule has 0 bridgehead atoms. The molecular weight excluding hydrogens is 476 g/mol. The second-order valence-corrected chi connectivity index (χ2v) is 13.7. The van der Waals surface area contributed by atoms with Crippen LogP contribution in [0.25, 0.3) is 0 Å². The molecule has 0 spiro atoms. The van der Waals surface area contributed by atoms with Gasteiger partial charge in [-0.15, -0.1) is 0 Å². The number of nitrogens with one attached hydrogen (secondary N) is 2. The molecule has 9 nitrogen and oxygen atoms in total. The van der Waals surface area contributed by atoms with Gasteiger partial charge in [-0.2, -0.15) is 0 Å². The molecule has 9 heteroatoms. The van der Waals surface area contributed by atoms with Gasteiger partial charge < -0.3 is 40.9 Å². The second-order valence-electron chi connectivity index (χ2n) is 13.7. The first-order valence-corrected chi connectivity index (χ1v) is 13.7. The first-order valence-electron chi connectivity index (χ1n) is 13.7. The summed E-state index contributed by atoms with van der Waals surface area (Å²) in [5, 5.41) is 56.5. The highest BCUT2D eigenvalue weighted by Crippen LogP contribution is 2.40. The van der Waals surface area contributed by atoms with Gasteiger partial charge in [0.1, 0.15) is 12.2 Å². The minimum absolute atomic E-state index is 0.0150. The SMILES string of the molecule is CCC(C)(C)CC(C)(C)NC(=O)NC(COCC(O)C(O)CO)C(O)CC(O)C(C)(CC)CC(C)(C)C. The minimum atomic E-state index is -1.35. The number of urea groups is 1. The van der Waals surface area contributed by atoms with Crippen molar-refractivity contribution in [3.63, 3.8) is 0 Å². The van der Waals surface area contributed by atoms with E-state index in [1.807, 2.05) is 27.7 Å². The van der Waals surface area contributed by atoms with Gasteiger partial charge in [0.2, 0.25) is 0 Å². The Labute approximate surface area is 225 Å². The molecule has 0 aliphatic rings. The first-order chi connectivity index (χ1) is 16.7. The number of ether oxygens (including phenoxy) is 1. The minimum Gasteiger partial charge on any atom is -0.394 e. The van der Waals surface area contributed by atoms with Gasteiger partial charge in [-0.25, -0.2) is 4.79 Å². The number of carbonyl (C=O) groups excluding carboxylic acids is 1. The molecule has 0 radical (unpaired) electrons. The van der Waals surface area contributed by atoms with Crippen LogP contribution in [0.5, 0.6) is 0 Å². The first kappa shape index (κ1) is 36.0. The maximum atomic E-state index is 13.0. The molecule has 0 aromatic carbocycles. The van der Waals surface area contributed by atoms with E-state index in [2.05, 4.69) is 52.2 Å². The lowest BCUT2D eigenvalue weighted by Crippen LogP contribution is -2.56. The zero-order valence-corrected chi connectivity index (χ0v) is 25.1. The third-order valence-electron chi connectivity index (χ3n) is 7.34. The lowest BCUT2D eigenvalue weighted by atomic mass is 9.69. The molecule has 6 atom stereocenters. The molecule has 2 amide bonds. The van der Waals surface area contributed by atoms with E-state index in [-0.39, 0.29) is 30.5 Å². The summed E-state index contributed by atoms with van der Waals surface area (Å²) >= 11 is 0. The van der Waals surface area contributed by atoms with Gasteiger partial charge in [0.05, 0.1) is 38.1 Å². The van der Waals surface area contributed by atoms with E-state index in [0.717, 1.165) is 25.7 Å². The highest BCUT2D eigenvalue weighted by atomic mass is 16.5. The highest BCUT2D eigenvalue weighted by molar-refractivity contribution is 5.75. The van der Waals surface area contributed by atoms with Crippen LogP contribution in [0.3, 0.4) is 0 Å². The number of aliphatic hydroxyl groups is 5. The van der Waals surface area contributed by atoms with Gasteiger partial charge in [-0.1, -0.05) is 61.8 Å². The Morgan fingerprint density at radius 1 is 0.811 bits per heavy atom. The van der Waals surface area contributed by atoms with E-state index in [1.54, 1.807) is 0 Å². The number of carbonyl (C=O) groups is 1. The third kappa shape index (κ3) is 14.1. The smallest absolute Gasteiger partial charge is 0.315 e. The van der Waals surface area contributed by atoms with Crippen molar-refractivity contribution in [1.29, 1.82) is 0 Å². The molecule has 0 rings (SSSR count). The Balaban J connectivity index is 5.53. The lowest BCUT2D eigenvalue weighted by Gasteiger charge is -2.40. The second kappa shape index (κ2) is 15.0. The van der Waals surface area contributed by atoms with Crippen molar-refractivity contribution in [2.75, 3.05) is 19.8 Å². The zero-order valence-electron chi connectivity index (χ0n) is 25.1. The van der Waals surface area contributed by atoms with E-state index >= 15 is 0 Å². The number of rotatable bonds is 17. The van der Waals surface area contributed by atoms with E-state index in [1.165, 1.54) is 0 Å². The monoisotopic (exact) mass is 534 g/mol. The van der Waals surface area contributed by atoms with Crippen LogP contribution >= 0.6 is 0 Å². The molecule has 0 aliphatic heterocycles. The van der Waals surface area contributed by atoms with Gasteiger partial charge in [0.25, 0.3) is 0 Å². The van der Waals surface area contributed by atoms with Crippen molar-refractivity contribution >= 4 is 6.03 Å². The fraction of sp³-hybridized carbons (Fsp3) is 0.964. The van der Waals surface area contributed by atoms with Gasteiger partial charge >= 0.3 is 6.03 Å². The number of hydrogen-bond donors (Lipinski definition) is 7. The predicted molar refractivity (Wildman–Crippen MR) is 147 cm³/mol. The van der Waals surface area contributed by atoms with E-state index in [0.29, 0.717) is 0 Å². The van der Waals surface area contributed by atoms with E-state index in [9.17, 15) is 25.2 Å². The fourth-order valence-electron chi connectivity index (χ4n) is 5.04. The molecule has 37 heavy (non-hydrogen) atoms. The summed E-state index contributed by atoms with van der Waals surface area (Å²) in [5.74, 6) is 0. The summed E-state index contributed by atoms with van der Waals surface area (Å²) in [5.41, 5.74) is -0.917. The Morgan fingerprint density at radius 2 is 1.38 bits per heavy atom. The molecular formula is C28H58N2O7. The summed E-state index contributed by atoms with van der Waals surface area (Å²) < 4.78 is 5.50. The fourth-order valence-corrected chi connectivity index (χ4v) is 5.04. The Bertz CT molecular complexity index is 665. The van der Waals surface area contributed by atoms with Gasteiger partial charge in [-0.05, 0) is 49.4 Å². The summed E-state index contributed by atoms with van der Waals surface area (Å²) in [6.07, 6.45) is -1.39. The van der Waals surface area contributed by atoms with Gasteiger partial charge in [0.15, 0.2) is 0 Å². The van der Waals surface area contributed by atoms with Crippen LogP contribution in [-0.4, -0.2) is 87.4 Å². The van der Waals surface area contributed by atoms with Crippen LogP contribution in [0.4, 0.5) is 4.79 Å².